The van der Waals surface area contributed by atoms with E-state index in [2.05, 4.69) is 20.7 Å². The molecule has 1 heterocycles. The van der Waals surface area contributed by atoms with Crippen molar-refractivity contribution in [3.8, 4) is 11.5 Å². The lowest BCUT2D eigenvalue weighted by atomic mass is 10.2. The molecule has 0 amide bonds. The zero-order chi connectivity index (χ0) is 10.3. The molecule has 0 aliphatic carbocycles. The van der Waals surface area contributed by atoms with Crippen molar-refractivity contribution in [2.45, 2.75) is 13.0 Å². The highest BCUT2D eigenvalue weighted by molar-refractivity contribution is 9.10. The molecule has 0 saturated heterocycles. The van der Waals surface area contributed by atoms with Gasteiger partial charge in [-0.1, -0.05) is 15.9 Å². The molecule has 0 N–H and O–H groups in total. The summed E-state index contributed by atoms with van der Waals surface area (Å²) in [4.78, 5) is 0. The van der Waals surface area contributed by atoms with Gasteiger partial charge in [-0.15, -0.1) is 0 Å². The molecule has 0 unspecified atom stereocenters. The highest BCUT2D eigenvalue weighted by atomic mass is 79.9. The third kappa shape index (κ3) is 1.56. The largest absolute Gasteiger partial charge is 0.479 e. The van der Waals surface area contributed by atoms with Crippen LogP contribution in [0.5, 0.6) is 11.5 Å². The Hall–Kier alpha value is -0.840. The lowest BCUT2D eigenvalue weighted by molar-refractivity contribution is -0.209. The maximum Gasteiger partial charge on any atom is 0.433 e. The molecule has 0 radical (unpaired) electrons. The molecule has 1 aromatic rings. The van der Waals surface area contributed by atoms with Gasteiger partial charge in [-0.3, -0.25) is 0 Å². The molecular weight excluding hydrogens is 258 g/mol. The van der Waals surface area contributed by atoms with Crippen LogP contribution in [0.25, 0.3) is 0 Å². The van der Waals surface area contributed by atoms with E-state index in [-0.39, 0.29) is 5.75 Å². The van der Waals surface area contributed by atoms with E-state index in [0.29, 0.717) is 11.3 Å². The predicted octanol–water partition coefficient (Wildman–Crippen LogP) is 3.12. The minimum Gasteiger partial charge on any atom is -0.479 e. The second-order valence-corrected chi connectivity index (χ2v) is 3.88. The maximum absolute atomic E-state index is 12.8. The Kier molecular flexibility index (Phi) is 2.14. The van der Waals surface area contributed by atoms with Gasteiger partial charge in [0.25, 0.3) is 0 Å². The van der Waals surface area contributed by atoms with Crippen LogP contribution in [-0.4, -0.2) is 12.7 Å². The first-order valence-electron chi connectivity index (χ1n) is 3.98. The maximum atomic E-state index is 12.8. The summed E-state index contributed by atoms with van der Waals surface area (Å²) in [6, 6.07) is 3.34. The number of hydrogen-bond acceptors (Lipinski definition) is 2. The standard InChI is InChI=1S/C9H7BrF2O2/c1-5-6(10)2-3-7-8(5)14-9(11,12)4-13-7/h2-3H,4H2,1H3. The molecule has 0 aromatic heterocycles. The van der Waals surface area contributed by atoms with E-state index in [4.69, 9.17) is 4.74 Å². The zero-order valence-electron chi connectivity index (χ0n) is 7.31. The van der Waals surface area contributed by atoms with E-state index in [1.165, 1.54) is 0 Å². The van der Waals surface area contributed by atoms with Crippen LogP contribution in [0.1, 0.15) is 5.56 Å². The van der Waals surface area contributed by atoms with Crippen molar-refractivity contribution in [3.05, 3.63) is 22.2 Å². The molecular formula is C9H7BrF2O2. The molecule has 0 spiro atoms. The van der Waals surface area contributed by atoms with E-state index in [1.54, 1.807) is 19.1 Å². The molecule has 1 aliphatic rings. The first kappa shape index (κ1) is 9.71. The normalized spacial score (nSPS) is 18.0. The molecule has 0 bridgehead atoms. The number of fused-ring (bicyclic) bond motifs is 1. The Bertz CT molecular complexity index is 379. The summed E-state index contributed by atoms with van der Waals surface area (Å²) in [5.41, 5.74) is 0.613. The third-order valence-electron chi connectivity index (χ3n) is 1.95. The van der Waals surface area contributed by atoms with Crippen molar-refractivity contribution in [1.82, 2.24) is 0 Å². The second-order valence-electron chi connectivity index (χ2n) is 3.03. The molecule has 1 aliphatic heterocycles. The van der Waals surface area contributed by atoms with E-state index < -0.39 is 12.7 Å². The second kappa shape index (κ2) is 3.08. The van der Waals surface area contributed by atoms with Gasteiger partial charge in [0.05, 0.1) is 0 Å². The van der Waals surface area contributed by atoms with Crippen molar-refractivity contribution >= 4 is 15.9 Å². The summed E-state index contributed by atoms with van der Waals surface area (Å²) < 4.78 is 35.8. The summed E-state index contributed by atoms with van der Waals surface area (Å²) in [7, 11) is 0. The Balaban J connectivity index is 2.49. The number of ether oxygens (including phenoxy) is 2. The van der Waals surface area contributed by atoms with Crippen LogP contribution in [-0.2, 0) is 0 Å². The van der Waals surface area contributed by atoms with Gasteiger partial charge in [-0.05, 0) is 19.1 Å². The molecule has 2 rings (SSSR count). The molecule has 76 valence electrons. The summed E-state index contributed by atoms with van der Waals surface area (Å²) >= 11 is 3.23. The van der Waals surface area contributed by atoms with E-state index in [1.807, 2.05) is 0 Å². The van der Waals surface area contributed by atoms with Crippen LogP contribution >= 0.6 is 15.9 Å². The molecule has 14 heavy (non-hydrogen) atoms. The fraction of sp³-hybridized carbons (Fsp3) is 0.333. The van der Waals surface area contributed by atoms with Gasteiger partial charge in [0.1, 0.15) is 0 Å². The highest BCUT2D eigenvalue weighted by Gasteiger charge is 2.38. The van der Waals surface area contributed by atoms with Gasteiger partial charge in [0.15, 0.2) is 18.1 Å². The number of benzene rings is 1. The average Bonchev–Trinajstić information content (AvgIpc) is 2.11. The number of rotatable bonds is 0. The number of hydrogen-bond donors (Lipinski definition) is 0. The van der Waals surface area contributed by atoms with Gasteiger partial charge in [-0.25, -0.2) is 0 Å². The van der Waals surface area contributed by atoms with Crippen molar-refractivity contribution in [2.75, 3.05) is 6.61 Å². The predicted molar refractivity (Wildman–Crippen MR) is 49.9 cm³/mol. The third-order valence-corrected chi connectivity index (χ3v) is 2.81. The first-order valence-corrected chi connectivity index (χ1v) is 4.78. The molecule has 0 fully saturated rings. The summed E-state index contributed by atoms with van der Waals surface area (Å²) in [5.74, 6) is 0.465. The zero-order valence-corrected chi connectivity index (χ0v) is 8.90. The molecule has 5 heteroatoms. The van der Waals surface area contributed by atoms with Gasteiger partial charge < -0.3 is 9.47 Å². The van der Waals surface area contributed by atoms with Crippen LogP contribution < -0.4 is 9.47 Å². The Morgan fingerprint density at radius 2 is 2.14 bits per heavy atom. The Morgan fingerprint density at radius 1 is 1.43 bits per heavy atom. The van der Waals surface area contributed by atoms with Gasteiger partial charge in [-0.2, -0.15) is 8.78 Å². The number of alkyl halides is 2. The smallest absolute Gasteiger partial charge is 0.433 e. The van der Waals surface area contributed by atoms with E-state index in [9.17, 15) is 8.78 Å². The molecule has 0 atom stereocenters. The van der Waals surface area contributed by atoms with Crippen molar-refractivity contribution < 1.29 is 18.3 Å². The van der Waals surface area contributed by atoms with Gasteiger partial charge in [0, 0.05) is 10.0 Å². The molecule has 0 saturated carbocycles. The number of halogens is 3. The van der Waals surface area contributed by atoms with Crippen LogP contribution in [0.15, 0.2) is 16.6 Å². The fourth-order valence-electron chi connectivity index (χ4n) is 1.22. The summed E-state index contributed by atoms with van der Waals surface area (Å²) in [6.07, 6.45) is -3.24. The van der Waals surface area contributed by atoms with Crippen molar-refractivity contribution in [3.63, 3.8) is 0 Å². The molecule has 2 nitrogen and oxygen atoms in total. The lowest BCUT2D eigenvalue weighted by Gasteiger charge is -2.26. The van der Waals surface area contributed by atoms with Crippen LogP contribution in [0.3, 0.4) is 0 Å². The lowest BCUT2D eigenvalue weighted by Crippen LogP contribution is -2.36. The van der Waals surface area contributed by atoms with Crippen molar-refractivity contribution in [1.29, 1.82) is 0 Å². The highest BCUT2D eigenvalue weighted by Crippen LogP contribution is 2.41. The van der Waals surface area contributed by atoms with Gasteiger partial charge in [0.2, 0.25) is 0 Å². The van der Waals surface area contributed by atoms with Gasteiger partial charge >= 0.3 is 6.11 Å². The monoisotopic (exact) mass is 264 g/mol. The van der Waals surface area contributed by atoms with Crippen LogP contribution in [0.4, 0.5) is 8.78 Å². The van der Waals surface area contributed by atoms with Crippen LogP contribution in [0, 0.1) is 6.92 Å². The Labute approximate surface area is 87.9 Å². The first-order chi connectivity index (χ1) is 6.49. The summed E-state index contributed by atoms with van der Waals surface area (Å²) in [6.45, 7) is 0.953. The SMILES string of the molecule is Cc1c(Br)ccc2c1OC(F)(F)CO2. The molecule has 1 aromatic carbocycles. The topological polar surface area (TPSA) is 18.5 Å². The van der Waals surface area contributed by atoms with Crippen LogP contribution in [0.2, 0.25) is 0 Å². The minimum atomic E-state index is -3.24. The fourth-order valence-corrected chi connectivity index (χ4v) is 1.54. The van der Waals surface area contributed by atoms with E-state index >= 15 is 0 Å². The quantitative estimate of drug-likeness (QED) is 0.717. The van der Waals surface area contributed by atoms with Crippen molar-refractivity contribution in [2.24, 2.45) is 0 Å². The van der Waals surface area contributed by atoms with E-state index in [0.717, 1.165) is 4.47 Å². The minimum absolute atomic E-state index is 0.107. The summed E-state index contributed by atoms with van der Waals surface area (Å²) in [5, 5.41) is 0. The average molecular weight is 265 g/mol. The Morgan fingerprint density at radius 3 is 2.86 bits per heavy atom.